The van der Waals surface area contributed by atoms with Gasteiger partial charge in [-0.15, -0.1) is 0 Å². The molecule has 17 heavy (non-hydrogen) atoms. The van der Waals surface area contributed by atoms with Gasteiger partial charge < -0.3 is 14.6 Å². The van der Waals surface area contributed by atoms with Crippen molar-refractivity contribution in [3.63, 3.8) is 0 Å². The van der Waals surface area contributed by atoms with Crippen LogP contribution in [-0.4, -0.2) is 19.3 Å². The Labute approximate surface area is 102 Å². The molecule has 3 nitrogen and oxygen atoms in total. The Morgan fingerprint density at radius 1 is 1.12 bits per heavy atom. The SMILES string of the molecule is COc1cc(OC)cc(C(O)C2=CCCC2)c1. The minimum absolute atomic E-state index is 0.540. The van der Waals surface area contributed by atoms with Gasteiger partial charge in [-0.25, -0.2) is 0 Å². The second-order valence-electron chi connectivity index (χ2n) is 4.22. The quantitative estimate of drug-likeness (QED) is 0.814. The minimum Gasteiger partial charge on any atom is -0.497 e. The summed E-state index contributed by atoms with van der Waals surface area (Å²) in [6.07, 6.45) is 4.75. The van der Waals surface area contributed by atoms with Crippen molar-refractivity contribution >= 4 is 0 Å². The molecule has 3 heteroatoms. The van der Waals surface area contributed by atoms with Gasteiger partial charge in [0.2, 0.25) is 0 Å². The van der Waals surface area contributed by atoms with Crippen LogP contribution in [0.25, 0.3) is 0 Å². The molecule has 1 aliphatic carbocycles. The predicted molar refractivity (Wildman–Crippen MR) is 66.4 cm³/mol. The van der Waals surface area contributed by atoms with Crippen molar-refractivity contribution in [3.05, 3.63) is 35.4 Å². The Hall–Kier alpha value is -1.48. The number of allylic oxidation sites excluding steroid dienone is 1. The Balaban J connectivity index is 2.30. The normalized spacial score (nSPS) is 16.5. The molecule has 0 spiro atoms. The lowest BCUT2D eigenvalue weighted by Crippen LogP contribution is -2.01. The Bertz CT molecular complexity index is 401. The lowest BCUT2D eigenvalue weighted by Gasteiger charge is -2.15. The van der Waals surface area contributed by atoms with E-state index in [-0.39, 0.29) is 0 Å². The molecule has 0 aliphatic heterocycles. The highest BCUT2D eigenvalue weighted by atomic mass is 16.5. The molecule has 0 fully saturated rings. The highest BCUT2D eigenvalue weighted by molar-refractivity contribution is 5.41. The lowest BCUT2D eigenvalue weighted by molar-refractivity contribution is 0.211. The van der Waals surface area contributed by atoms with Gasteiger partial charge in [-0.05, 0) is 42.5 Å². The number of aliphatic hydroxyl groups is 1. The second-order valence-corrected chi connectivity index (χ2v) is 4.22. The maximum Gasteiger partial charge on any atom is 0.122 e. The second kappa shape index (κ2) is 5.23. The van der Waals surface area contributed by atoms with E-state index in [1.165, 1.54) is 0 Å². The fraction of sp³-hybridized carbons (Fsp3) is 0.429. The van der Waals surface area contributed by atoms with Gasteiger partial charge in [0.1, 0.15) is 17.6 Å². The molecule has 1 aromatic rings. The van der Waals surface area contributed by atoms with Gasteiger partial charge in [-0.1, -0.05) is 6.08 Å². The zero-order valence-electron chi connectivity index (χ0n) is 10.3. The number of benzene rings is 1. The summed E-state index contributed by atoms with van der Waals surface area (Å²) < 4.78 is 10.4. The van der Waals surface area contributed by atoms with Crippen molar-refractivity contribution in [2.24, 2.45) is 0 Å². The summed E-state index contributed by atoms with van der Waals surface area (Å²) in [7, 11) is 3.22. The molecular formula is C14H18O3. The maximum absolute atomic E-state index is 10.3. The molecule has 0 radical (unpaired) electrons. The van der Waals surface area contributed by atoms with E-state index in [1.54, 1.807) is 20.3 Å². The van der Waals surface area contributed by atoms with E-state index in [1.807, 2.05) is 12.1 Å². The molecule has 1 N–H and O–H groups in total. The van der Waals surface area contributed by atoms with Crippen LogP contribution < -0.4 is 9.47 Å². The van der Waals surface area contributed by atoms with Gasteiger partial charge in [0.15, 0.2) is 0 Å². The van der Waals surface area contributed by atoms with Gasteiger partial charge >= 0.3 is 0 Å². The van der Waals surface area contributed by atoms with Gasteiger partial charge in [-0.3, -0.25) is 0 Å². The van der Waals surface area contributed by atoms with Crippen LogP contribution in [-0.2, 0) is 0 Å². The van der Waals surface area contributed by atoms with Gasteiger partial charge in [0.05, 0.1) is 14.2 Å². The van der Waals surface area contributed by atoms with Gasteiger partial charge in [-0.2, -0.15) is 0 Å². The van der Waals surface area contributed by atoms with Crippen LogP contribution in [0.3, 0.4) is 0 Å². The standard InChI is InChI=1S/C14H18O3/c1-16-12-7-11(8-13(9-12)17-2)14(15)10-5-3-4-6-10/h5,7-9,14-15H,3-4,6H2,1-2H3. The molecule has 0 bridgehead atoms. The van der Waals surface area contributed by atoms with Crippen LogP contribution in [0.5, 0.6) is 11.5 Å². The molecular weight excluding hydrogens is 216 g/mol. The highest BCUT2D eigenvalue weighted by Crippen LogP contribution is 2.34. The predicted octanol–water partition coefficient (Wildman–Crippen LogP) is 2.85. The molecule has 0 saturated carbocycles. The van der Waals surface area contributed by atoms with Crippen LogP contribution in [0.2, 0.25) is 0 Å². The summed E-state index contributed by atoms with van der Waals surface area (Å²) in [5.74, 6) is 1.41. The fourth-order valence-electron chi connectivity index (χ4n) is 2.15. The van der Waals surface area contributed by atoms with Crippen LogP contribution in [0.1, 0.15) is 30.9 Å². The third-order valence-electron chi connectivity index (χ3n) is 3.12. The van der Waals surface area contributed by atoms with Crippen molar-refractivity contribution in [2.75, 3.05) is 14.2 Å². The van der Waals surface area contributed by atoms with Crippen molar-refractivity contribution in [3.8, 4) is 11.5 Å². The van der Waals surface area contributed by atoms with Crippen LogP contribution in [0, 0.1) is 0 Å². The summed E-state index contributed by atoms with van der Waals surface area (Å²) in [6.45, 7) is 0. The third-order valence-corrected chi connectivity index (χ3v) is 3.12. The molecule has 92 valence electrons. The minimum atomic E-state index is -0.540. The summed E-state index contributed by atoms with van der Waals surface area (Å²) in [4.78, 5) is 0. The maximum atomic E-state index is 10.3. The molecule has 0 heterocycles. The van der Waals surface area contributed by atoms with Crippen LogP contribution >= 0.6 is 0 Å². The number of methoxy groups -OCH3 is 2. The van der Waals surface area contributed by atoms with Gasteiger partial charge in [0.25, 0.3) is 0 Å². The molecule has 0 amide bonds. The van der Waals surface area contributed by atoms with Crippen LogP contribution in [0.4, 0.5) is 0 Å². The molecule has 0 aromatic heterocycles. The zero-order chi connectivity index (χ0) is 12.3. The lowest BCUT2D eigenvalue weighted by atomic mass is 10.0. The fourth-order valence-corrected chi connectivity index (χ4v) is 2.15. The number of hydrogen-bond donors (Lipinski definition) is 1. The van der Waals surface area contributed by atoms with E-state index in [0.717, 1.165) is 30.4 Å². The zero-order valence-corrected chi connectivity index (χ0v) is 10.3. The first kappa shape index (κ1) is 12.0. The third kappa shape index (κ3) is 2.61. The summed E-state index contributed by atoms with van der Waals surface area (Å²) >= 11 is 0. The molecule has 1 atom stereocenters. The number of hydrogen-bond acceptors (Lipinski definition) is 3. The van der Waals surface area contributed by atoms with Crippen molar-refractivity contribution in [1.82, 2.24) is 0 Å². The van der Waals surface area contributed by atoms with Crippen LogP contribution in [0.15, 0.2) is 29.8 Å². The Morgan fingerprint density at radius 2 is 1.76 bits per heavy atom. The van der Waals surface area contributed by atoms with E-state index in [0.29, 0.717) is 11.5 Å². The topological polar surface area (TPSA) is 38.7 Å². The first-order valence-electron chi connectivity index (χ1n) is 5.84. The smallest absolute Gasteiger partial charge is 0.122 e. The first-order valence-corrected chi connectivity index (χ1v) is 5.84. The van der Waals surface area contributed by atoms with Crippen molar-refractivity contribution < 1.29 is 14.6 Å². The molecule has 1 aromatic carbocycles. The summed E-state index contributed by atoms with van der Waals surface area (Å²) in [6, 6.07) is 5.51. The monoisotopic (exact) mass is 234 g/mol. The average Bonchev–Trinajstić information content (AvgIpc) is 2.91. The molecule has 1 unspecified atom stereocenters. The van der Waals surface area contributed by atoms with E-state index >= 15 is 0 Å². The first-order chi connectivity index (χ1) is 8.24. The van der Waals surface area contributed by atoms with E-state index in [2.05, 4.69) is 6.08 Å². The molecule has 0 saturated heterocycles. The Kier molecular flexibility index (Phi) is 3.69. The highest BCUT2D eigenvalue weighted by Gasteiger charge is 2.17. The largest absolute Gasteiger partial charge is 0.497 e. The van der Waals surface area contributed by atoms with E-state index in [4.69, 9.17) is 9.47 Å². The molecule has 2 rings (SSSR count). The number of aliphatic hydroxyl groups excluding tert-OH is 1. The van der Waals surface area contributed by atoms with Crippen molar-refractivity contribution in [2.45, 2.75) is 25.4 Å². The van der Waals surface area contributed by atoms with Gasteiger partial charge in [0, 0.05) is 6.07 Å². The number of rotatable bonds is 4. The number of ether oxygens (including phenoxy) is 2. The Morgan fingerprint density at radius 3 is 2.24 bits per heavy atom. The van der Waals surface area contributed by atoms with E-state index < -0.39 is 6.10 Å². The van der Waals surface area contributed by atoms with E-state index in [9.17, 15) is 5.11 Å². The summed E-state index contributed by atoms with van der Waals surface area (Å²) in [5, 5.41) is 10.3. The summed E-state index contributed by atoms with van der Waals surface area (Å²) in [5.41, 5.74) is 1.93. The van der Waals surface area contributed by atoms with Crippen molar-refractivity contribution in [1.29, 1.82) is 0 Å². The molecule has 1 aliphatic rings. The average molecular weight is 234 g/mol.